The SMILES string of the molecule is C#COc1ccc(C(=O)O)c(C(=O)Oc2ccc(Cc3ccc(OOCc4cc(OC#COc5ccccc5)ccc4C(=O)O)cc3)cc2)c1. The molecule has 2 N–H and O–H groups in total. The van der Waals surface area contributed by atoms with Crippen LogP contribution in [0.5, 0.6) is 28.7 Å². The fourth-order valence-corrected chi connectivity index (χ4v) is 4.52. The smallest absolute Gasteiger partial charge is 0.344 e. The lowest BCUT2D eigenvalue weighted by molar-refractivity contribution is -0.217. The van der Waals surface area contributed by atoms with Crippen LogP contribution in [0.1, 0.15) is 47.8 Å². The summed E-state index contributed by atoms with van der Waals surface area (Å²) in [7, 11) is 0. The highest BCUT2D eigenvalue weighted by atomic mass is 17.2. The lowest BCUT2D eigenvalue weighted by Crippen LogP contribution is -2.14. The van der Waals surface area contributed by atoms with Gasteiger partial charge in [-0.25, -0.2) is 14.4 Å². The summed E-state index contributed by atoms with van der Waals surface area (Å²) < 4.78 is 20.9. The van der Waals surface area contributed by atoms with Crippen molar-refractivity contribution in [2.75, 3.05) is 0 Å². The highest BCUT2D eigenvalue weighted by Gasteiger charge is 2.20. The zero-order valence-electron chi connectivity index (χ0n) is 26.0. The summed E-state index contributed by atoms with van der Waals surface area (Å²) in [5, 5.41) is 19.0. The first-order valence-electron chi connectivity index (χ1n) is 14.7. The molecule has 0 aliphatic heterocycles. The molecule has 0 saturated carbocycles. The van der Waals surface area contributed by atoms with Gasteiger partial charge in [0.1, 0.15) is 35.7 Å². The number of hydrogen-bond donors (Lipinski definition) is 2. The maximum atomic E-state index is 12.8. The molecule has 11 nitrogen and oxygen atoms in total. The minimum absolute atomic E-state index is 0.0134. The van der Waals surface area contributed by atoms with Gasteiger partial charge in [-0.2, -0.15) is 4.89 Å². The Labute approximate surface area is 286 Å². The number of carboxylic acid groups (broad SMARTS) is 2. The molecule has 5 rings (SSSR count). The van der Waals surface area contributed by atoms with Gasteiger partial charge in [0.25, 0.3) is 0 Å². The van der Waals surface area contributed by atoms with Gasteiger partial charge in [0.15, 0.2) is 18.0 Å². The predicted molar refractivity (Wildman–Crippen MR) is 178 cm³/mol. The maximum absolute atomic E-state index is 12.8. The van der Waals surface area contributed by atoms with E-state index in [9.17, 15) is 24.6 Å². The van der Waals surface area contributed by atoms with Crippen LogP contribution < -0.4 is 23.8 Å². The summed E-state index contributed by atoms with van der Waals surface area (Å²) in [6.45, 7) is -0.187. The van der Waals surface area contributed by atoms with E-state index >= 15 is 0 Å². The number of benzene rings is 5. The van der Waals surface area contributed by atoms with E-state index in [-0.39, 0.29) is 34.8 Å². The van der Waals surface area contributed by atoms with Crippen molar-refractivity contribution < 1.29 is 53.3 Å². The molecular weight excluding hydrogens is 644 g/mol. The molecule has 248 valence electrons. The second kappa shape index (κ2) is 16.6. The van der Waals surface area contributed by atoms with E-state index in [1.54, 1.807) is 60.7 Å². The molecule has 0 aliphatic rings. The molecule has 0 aliphatic carbocycles. The number of carbonyl (C=O) groups excluding carboxylic acids is 1. The van der Waals surface area contributed by atoms with Gasteiger partial charge >= 0.3 is 17.9 Å². The van der Waals surface area contributed by atoms with Crippen molar-refractivity contribution in [1.29, 1.82) is 0 Å². The molecule has 11 heteroatoms. The van der Waals surface area contributed by atoms with Gasteiger partial charge in [0, 0.05) is 5.56 Å². The number of hydrogen-bond acceptors (Lipinski definition) is 9. The molecule has 0 fully saturated rings. The van der Waals surface area contributed by atoms with Crippen LogP contribution >= 0.6 is 0 Å². The van der Waals surface area contributed by atoms with E-state index in [0.717, 1.165) is 11.1 Å². The Balaban J connectivity index is 1.13. The molecule has 5 aromatic rings. The van der Waals surface area contributed by atoms with Gasteiger partial charge in [-0.15, -0.1) is 0 Å². The molecule has 0 unspecified atom stereocenters. The van der Waals surface area contributed by atoms with Gasteiger partial charge in [0.2, 0.25) is 0 Å². The normalized spacial score (nSPS) is 10.1. The fraction of sp³-hybridized carbons (Fsp3) is 0.0513. The van der Waals surface area contributed by atoms with Crippen molar-refractivity contribution in [3.8, 4) is 53.5 Å². The minimum Gasteiger partial charge on any atom is -0.478 e. The first-order chi connectivity index (χ1) is 24.3. The zero-order valence-corrected chi connectivity index (χ0v) is 26.0. The Morgan fingerprint density at radius 1 is 0.580 bits per heavy atom. The third-order valence-corrected chi connectivity index (χ3v) is 6.88. The average molecular weight is 671 g/mol. The molecule has 0 amide bonds. The van der Waals surface area contributed by atoms with Crippen LogP contribution in [-0.4, -0.2) is 28.1 Å². The Morgan fingerprint density at radius 2 is 1.14 bits per heavy atom. The molecule has 0 spiro atoms. The Hall–Kier alpha value is -7.21. The van der Waals surface area contributed by atoms with Crippen LogP contribution in [0.15, 0.2) is 115 Å². The van der Waals surface area contributed by atoms with E-state index in [0.29, 0.717) is 29.2 Å². The lowest BCUT2D eigenvalue weighted by Gasteiger charge is -2.10. The number of terminal acetylenes is 1. The molecule has 0 radical (unpaired) electrons. The summed E-state index contributed by atoms with van der Waals surface area (Å²) in [6.07, 6.45) is 12.5. The second-order valence-corrected chi connectivity index (χ2v) is 10.3. The van der Waals surface area contributed by atoms with Crippen molar-refractivity contribution >= 4 is 17.9 Å². The minimum atomic E-state index is -1.30. The van der Waals surface area contributed by atoms with E-state index in [4.69, 9.17) is 35.1 Å². The highest BCUT2D eigenvalue weighted by Crippen LogP contribution is 2.24. The van der Waals surface area contributed by atoms with Crippen molar-refractivity contribution in [2.24, 2.45) is 0 Å². The third kappa shape index (κ3) is 9.42. The molecule has 0 saturated heterocycles. The summed E-state index contributed by atoms with van der Waals surface area (Å²) in [5.41, 5.74) is 1.70. The summed E-state index contributed by atoms with van der Waals surface area (Å²) in [6, 6.07) is 30.8. The second-order valence-electron chi connectivity index (χ2n) is 10.3. The fourth-order valence-electron chi connectivity index (χ4n) is 4.52. The summed E-state index contributed by atoms with van der Waals surface area (Å²) >= 11 is 0. The molecule has 0 aromatic heterocycles. The Kier molecular flexibility index (Phi) is 11.3. The number of carbonyl (C=O) groups is 3. The van der Waals surface area contributed by atoms with Crippen LogP contribution in [0.25, 0.3) is 0 Å². The molecule has 0 atom stereocenters. The monoisotopic (exact) mass is 670 g/mol. The molecule has 50 heavy (non-hydrogen) atoms. The van der Waals surface area contributed by atoms with E-state index in [1.165, 1.54) is 36.4 Å². The van der Waals surface area contributed by atoms with Crippen LogP contribution in [0.3, 0.4) is 0 Å². The third-order valence-electron chi connectivity index (χ3n) is 6.88. The average Bonchev–Trinajstić information content (AvgIpc) is 3.12. The van der Waals surface area contributed by atoms with E-state index < -0.39 is 17.9 Å². The number of ether oxygens (including phenoxy) is 4. The quantitative estimate of drug-likeness (QED) is 0.0451. The van der Waals surface area contributed by atoms with Crippen molar-refractivity contribution in [2.45, 2.75) is 13.0 Å². The number of para-hydroxylation sites is 1. The zero-order chi connectivity index (χ0) is 35.3. The number of esters is 1. The van der Waals surface area contributed by atoms with Gasteiger partial charge in [-0.05, 0) is 90.3 Å². The van der Waals surface area contributed by atoms with Gasteiger partial charge in [0.05, 0.1) is 16.7 Å². The van der Waals surface area contributed by atoms with Crippen molar-refractivity contribution in [3.63, 3.8) is 0 Å². The summed E-state index contributed by atoms with van der Waals surface area (Å²) in [5.74, 6) is -1.75. The number of carboxylic acids is 2. The standard InChI is InChI=1S/C39H26O11/c1-2-45-33-17-19-35(38(42)43)36(24-33)39(44)49-30-12-8-26(9-13-30)22-27-10-14-31(15-11-27)50-48-25-28-23-32(16-18-34(28)37(40)41)47-21-20-46-29-6-4-3-5-7-29/h1,3-19,23-24H,22,25H2,(H,40,41)(H,42,43). The van der Waals surface area contributed by atoms with Crippen LogP contribution in [0, 0.1) is 24.7 Å². The first kappa shape index (κ1) is 34.1. The van der Waals surface area contributed by atoms with E-state index in [2.05, 4.69) is 12.2 Å². The molecular formula is C39H26O11. The van der Waals surface area contributed by atoms with Gasteiger partial charge in [-0.1, -0.05) is 48.9 Å². The van der Waals surface area contributed by atoms with Crippen molar-refractivity contribution in [3.05, 3.63) is 149 Å². The van der Waals surface area contributed by atoms with Crippen LogP contribution in [0.2, 0.25) is 0 Å². The lowest BCUT2D eigenvalue weighted by atomic mass is 10.0. The number of rotatable bonds is 13. The van der Waals surface area contributed by atoms with Gasteiger partial charge < -0.3 is 34.0 Å². The highest BCUT2D eigenvalue weighted by molar-refractivity contribution is 6.03. The Morgan fingerprint density at radius 3 is 1.76 bits per heavy atom. The Bertz CT molecular complexity index is 2090. The predicted octanol–water partition coefficient (Wildman–Crippen LogP) is 6.75. The topological polar surface area (TPSA) is 147 Å². The molecule has 0 heterocycles. The first-order valence-corrected chi connectivity index (χ1v) is 14.7. The van der Waals surface area contributed by atoms with Gasteiger partial charge in [-0.3, -0.25) is 0 Å². The molecule has 5 aromatic carbocycles. The largest absolute Gasteiger partial charge is 0.478 e. The van der Waals surface area contributed by atoms with E-state index in [1.807, 2.05) is 24.3 Å². The number of aromatic carboxylic acids is 2. The summed E-state index contributed by atoms with van der Waals surface area (Å²) in [4.78, 5) is 46.8. The maximum Gasteiger partial charge on any atom is 0.344 e. The van der Waals surface area contributed by atoms with Crippen LogP contribution in [-0.2, 0) is 17.9 Å². The van der Waals surface area contributed by atoms with Crippen molar-refractivity contribution in [1.82, 2.24) is 0 Å². The molecule has 0 bridgehead atoms. The van der Waals surface area contributed by atoms with Crippen LogP contribution in [0.4, 0.5) is 0 Å².